The molecule has 1 unspecified atom stereocenters. The van der Waals surface area contributed by atoms with Crippen LogP contribution in [0.4, 0.5) is 13.2 Å². The van der Waals surface area contributed by atoms with E-state index in [9.17, 15) is 22.8 Å². The fourth-order valence-corrected chi connectivity index (χ4v) is 3.74. The molecule has 1 saturated heterocycles. The number of amides is 1. The highest BCUT2D eigenvalue weighted by Gasteiger charge is 2.60. The third-order valence-electron chi connectivity index (χ3n) is 5.14. The maximum Gasteiger partial charge on any atom is 0.416 e. The van der Waals surface area contributed by atoms with E-state index in [1.165, 1.54) is 19.1 Å². The molecule has 0 bridgehead atoms. The van der Waals surface area contributed by atoms with Gasteiger partial charge in [0.1, 0.15) is 5.57 Å². The first-order valence-corrected chi connectivity index (χ1v) is 8.61. The molecule has 1 aromatic rings. The van der Waals surface area contributed by atoms with Gasteiger partial charge in [-0.15, -0.1) is 0 Å². The Morgan fingerprint density at radius 1 is 1.15 bits per heavy atom. The summed E-state index contributed by atoms with van der Waals surface area (Å²) in [5.41, 5.74) is -1.68. The zero-order chi connectivity index (χ0) is 19.1. The maximum absolute atomic E-state index is 14.2. The van der Waals surface area contributed by atoms with E-state index in [1.54, 1.807) is 24.0 Å². The molecule has 0 radical (unpaired) electrons. The van der Waals surface area contributed by atoms with Crippen LogP contribution in [0, 0.1) is 6.92 Å². The van der Waals surface area contributed by atoms with Crippen molar-refractivity contribution in [1.29, 1.82) is 0 Å². The highest BCUT2D eigenvalue weighted by Crippen LogP contribution is 2.47. The second-order valence-electron chi connectivity index (χ2n) is 6.97. The maximum atomic E-state index is 14.2. The van der Waals surface area contributed by atoms with Crippen LogP contribution in [0.5, 0.6) is 0 Å². The summed E-state index contributed by atoms with van der Waals surface area (Å²) in [5, 5.41) is 2.12. The average Bonchev–Trinajstić information content (AvgIpc) is 3.07. The minimum absolute atomic E-state index is 0.0248. The minimum Gasteiger partial charge on any atom is -0.374 e. The second kappa shape index (κ2) is 6.45. The standard InChI is InChI=1S/C19H21F3N2O2/c1-12-5-7-14(8-6-12)18(19(20,21)22)11-15(24-9-3-4-10-24)16(13(2)25)17(26)23-18/h5-8H,3-4,9-11H2,1-2H3,(H,23,26). The fraction of sp³-hybridized carbons (Fsp3) is 0.474. The number of nitrogens with one attached hydrogen (secondary N) is 1. The van der Waals surface area contributed by atoms with Crippen LogP contribution in [0.1, 0.15) is 37.3 Å². The topological polar surface area (TPSA) is 49.4 Å². The molecular weight excluding hydrogens is 345 g/mol. The van der Waals surface area contributed by atoms with E-state index >= 15 is 0 Å². The van der Waals surface area contributed by atoms with Crippen molar-refractivity contribution < 1.29 is 22.8 Å². The van der Waals surface area contributed by atoms with Crippen molar-refractivity contribution in [3.8, 4) is 0 Å². The van der Waals surface area contributed by atoms with Crippen LogP contribution in [-0.2, 0) is 15.1 Å². The molecule has 1 fully saturated rings. The molecule has 3 rings (SSSR count). The van der Waals surface area contributed by atoms with Crippen LogP contribution in [0.15, 0.2) is 35.5 Å². The summed E-state index contributed by atoms with van der Waals surface area (Å²) in [6.07, 6.45) is -3.51. The summed E-state index contributed by atoms with van der Waals surface area (Å²) in [6.45, 7) is 4.12. The SMILES string of the molecule is CC(=O)C1=C(N2CCCC2)CC(c2ccc(C)cc2)(C(F)(F)F)NC1=O. The van der Waals surface area contributed by atoms with Gasteiger partial charge in [0.15, 0.2) is 11.3 Å². The summed E-state index contributed by atoms with van der Waals surface area (Å²) in [5.74, 6) is -1.47. The molecule has 140 valence electrons. The second-order valence-corrected chi connectivity index (χ2v) is 6.97. The van der Waals surface area contributed by atoms with Crippen molar-refractivity contribution in [3.05, 3.63) is 46.7 Å². The van der Waals surface area contributed by atoms with E-state index in [-0.39, 0.29) is 16.8 Å². The van der Waals surface area contributed by atoms with Gasteiger partial charge in [-0.05, 0) is 32.3 Å². The number of benzene rings is 1. The number of hydrogen-bond donors (Lipinski definition) is 1. The van der Waals surface area contributed by atoms with Gasteiger partial charge in [-0.3, -0.25) is 9.59 Å². The van der Waals surface area contributed by atoms with Crippen molar-refractivity contribution in [2.24, 2.45) is 0 Å². The first kappa shape index (κ1) is 18.5. The number of alkyl halides is 3. The lowest BCUT2D eigenvalue weighted by atomic mass is 9.79. The van der Waals surface area contributed by atoms with Crippen LogP contribution in [0.2, 0.25) is 0 Å². The first-order chi connectivity index (χ1) is 12.2. The average molecular weight is 366 g/mol. The zero-order valence-corrected chi connectivity index (χ0v) is 14.7. The van der Waals surface area contributed by atoms with Crippen LogP contribution in [0.25, 0.3) is 0 Å². The summed E-state index contributed by atoms with van der Waals surface area (Å²) in [7, 11) is 0. The van der Waals surface area contributed by atoms with Gasteiger partial charge in [0, 0.05) is 25.2 Å². The zero-order valence-electron chi connectivity index (χ0n) is 14.7. The van der Waals surface area contributed by atoms with Crippen molar-refractivity contribution in [1.82, 2.24) is 10.2 Å². The lowest BCUT2D eigenvalue weighted by Gasteiger charge is -2.43. The summed E-state index contributed by atoms with van der Waals surface area (Å²) < 4.78 is 42.6. The lowest BCUT2D eigenvalue weighted by Crippen LogP contribution is -2.60. The van der Waals surface area contributed by atoms with Gasteiger partial charge in [0.2, 0.25) is 0 Å². The molecule has 0 spiro atoms. The van der Waals surface area contributed by atoms with Gasteiger partial charge in [0.05, 0.1) is 0 Å². The third-order valence-corrected chi connectivity index (χ3v) is 5.14. The van der Waals surface area contributed by atoms with Crippen LogP contribution in [-0.4, -0.2) is 35.9 Å². The normalized spacial score (nSPS) is 24.0. The Labute approximate surface area is 150 Å². The number of ketones is 1. The number of carbonyl (C=O) groups excluding carboxylic acids is 2. The number of halogens is 3. The summed E-state index contributed by atoms with van der Waals surface area (Å²) in [6, 6.07) is 5.97. The molecule has 4 nitrogen and oxygen atoms in total. The Morgan fingerprint density at radius 3 is 2.23 bits per heavy atom. The first-order valence-electron chi connectivity index (χ1n) is 8.61. The summed E-state index contributed by atoms with van der Waals surface area (Å²) in [4.78, 5) is 26.3. The molecule has 2 aliphatic heterocycles. The van der Waals surface area contributed by atoms with E-state index in [0.717, 1.165) is 18.4 Å². The Morgan fingerprint density at radius 2 is 1.73 bits per heavy atom. The molecule has 1 N–H and O–H groups in total. The molecule has 1 aromatic carbocycles. The molecule has 1 amide bonds. The number of Topliss-reactive ketones (excluding diaryl/α,β-unsaturated/α-hetero) is 1. The van der Waals surface area contributed by atoms with E-state index in [4.69, 9.17) is 0 Å². The molecule has 7 heteroatoms. The van der Waals surface area contributed by atoms with Gasteiger partial charge in [-0.2, -0.15) is 13.2 Å². The van der Waals surface area contributed by atoms with E-state index < -0.39 is 29.8 Å². The van der Waals surface area contributed by atoms with Crippen LogP contribution < -0.4 is 5.32 Å². The third kappa shape index (κ3) is 2.99. The Hall–Kier alpha value is -2.31. The van der Waals surface area contributed by atoms with Gasteiger partial charge in [-0.1, -0.05) is 29.8 Å². The molecule has 2 heterocycles. The van der Waals surface area contributed by atoms with Crippen molar-refractivity contribution in [2.45, 2.75) is 44.8 Å². The van der Waals surface area contributed by atoms with Gasteiger partial charge < -0.3 is 10.2 Å². The number of nitrogens with zero attached hydrogens (tertiary/aromatic N) is 1. The highest BCUT2D eigenvalue weighted by molar-refractivity contribution is 6.19. The van der Waals surface area contributed by atoms with E-state index in [2.05, 4.69) is 5.32 Å². The van der Waals surface area contributed by atoms with Crippen molar-refractivity contribution >= 4 is 11.7 Å². The lowest BCUT2D eigenvalue weighted by molar-refractivity contribution is -0.204. The fourth-order valence-electron chi connectivity index (χ4n) is 3.74. The van der Waals surface area contributed by atoms with Gasteiger partial charge in [-0.25, -0.2) is 0 Å². The smallest absolute Gasteiger partial charge is 0.374 e. The number of likely N-dealkylation sites (tertiary alicyclic amines) is 1. The Kier molecular flexibility index (Phi) is 4.58. The predicted octanol–water partition coefficient (Wildman–Crippen LogP) is 3.21. The van der Waals surface area contributed by atoms with Crippen molar-refractivity contribution in [3.63, 3.8) is 0 Å². The van der Waals surface area contributed by atoms with E-state index in [0.29, 0.717) is 13.1 Å². The summed E-state index contributed by atoms with van der Waals surface area (Å²) >= 11 is 0. The van der Waals surface area contributed by atoms with Crippen LogP contribution in [0.3, 0.4) is 0 Å². The number of aryl methyl sites for hydroxylation is 1. The molecule has 0 saturated carbocycles. The number of hydrogen-bond acceptors (Lipinski definition) is 3. The van der Waals surface area contributed by atoms with E-state index in [1.807, 2.05) is 0 Å². The molecular formula is C19H21F3N2O2. The van der Waals surface area contributed by atoms with Gasteiger partial charge in [0.25, 0.3) is 5.91 Å². The molecule has 26 heavy (non-hydrogen) atoms. The molecule has 0 aromatic heterocycles. The predicted molar refractivity (Wildman–Crippen MR) is 90.2 cm³/mol. The molecule has 0 aliphatic carbocycles. The number of carbonyl (C=O) groups is 2. The Bertz CT molecular complexity index is 762. The molecule has 1 atom stereocenters. The minimum atomic E-state index is -4.70. The Balaban J connectivity index is 2.17. The largest absolute Gasteiger partial charge is 0.416 e. The highest BCUT2D eigenvalue weighted by atomic mass is 19.4. The van der Waals surface area contributed by atoms with Crippen molar-refractivity contribution in [2.75, 3.05) is 13.1 Å². The van der Waals surface area contributed by atoms with Gasteiger partial charge >= 0.3 is 6.18 Å². The quantitative estimate of drug-likeness (QED) is 0.836. The number of rotatable bonds is 3. The van der Waals surface area contributed by atoms with Crippen LogP contribution >= 0.6 is 0 Å². The molecule has 2 aliphatic rings. The monoisotopic (exact) mass is 366 g/mol.